The number of carbonyl (C=O) groups excluding carboxylic acids is 1. The van der Waals surface area contributed by atoms with Crippen LogP contribution in [0, 0.1) is 12.8 Å². The summed E-state index contributed by atoms with van der Waals surface area (Å²) >= 11 is 0. The summed E-state index contributed by atoms with van der Waals surface area (Å²) in [5.74, 6) is 0.415. The van der Waals surface area contributed by atoms with E-state index in [0.717, 1.165) is 25.8 Å². The first-order valence-electron chi connectivity index (χ1n) is 7.20. The van der Waals surface area contributed by atoms with Crippen molar-refractivity contribution in [2.45, 2.75) is 45.7 Å². The van der Waals surface area contributed by atoms with Crippen LogP contribution in [0.1, 0.15) is 37.3 Å². The Bertz CT molecular complexity index is 444. The number of carbonyl (C=O) groups is 1. The van der Waals surface area contributed by atoms with Crippen LogP contribution >= 0.6 is 0 Å². The van der Waals surface area contributed by atoms with E-state index < -0.39 is 0 Å². The second-order valence-corrected chi connectivity index (χ2v) is 5.55. The molecule has 0 aromatic heterocycles. The van der Waals surface area contributed by atoms with Crippen molar-refractivity contribution in [3.63, 3.8) is 0 Å². The average Bonchev–Trinajstić information content (AvgIpc) is 2.84. The Hall–Kier alpha value is -1.35. The van der Waals surface area contributed by atoms with Gasteiger partial charge >= 0.3 is 0 Å². The zero-order chi connectivity index (χ0) is 13.8. The first-order chi connectivity index (χ1) is 9.11. The van der Waals surface area contributed by atoms with Gasteiger partial charge < -0.3 is 10.6 Å². The van der Waals surface area contributed by atoms with Gasteiger partial charge in [-0.25, -0.2) is 0 Å². The van der Waals surface area contributed by atoms with E-state index in [0.29, 0.717) is 6.54 Å². The third kappa shape index (κ3) is 3.35. The Balaban J connectivity index is 2.04. The second kappa shape index (κ2) is 6.20. The SMILES string of the molecule is CCN(Cc1ccccc1C)C(=O)[C@H]1CC[C@H](N)C1. The van der Waals surface area contributed by atoms with E-state index in [1.54, 1.807) is 0 Å². The minimum atomic E-state index is 0.138. The molecule has 1 aliphatic rings. The van der Waals surface area contributed by atoms with Gasteiger partial charge in [-0.05, 0) is 44.2 Å². The van der Waals surface area contributed by atoms with Crippen LogP contribution in [-0.2, 0) is 11.3 Å². The summed E-state index contributed by atoms with van der Waals surface area (Å²) in [6, 6.07) is 8.48. The summed E-state index contributed by atoms with van der Waals surface area (Å²) in [5, 5.41) is 0. The highest BCUT2D eigenvalue weighted by molar-refractivity contribution is 5.79. The quantitative estimate of drug-likeness (QED) is 0.904. The molecule has 0 bridgehead atoms. The van der Waals surface area contributed by atoms with Crippen molar-refractivity contribution in [3.8, 4) is 0 Å². The Morgan fingerprint density at radius 2 is 2.11 bits per heavy atom. The average molecular weight is 260 g/mol. The maximum absolute atomic E-state index is 12.5. The largest absolute Gasteiger partial charge is 0.338 e. The predicted octanol–water partition coefficient (Wildman–Crippen LogP) is 2.47. The van der Waals surface area contributed by atoms with Gasteiger partial charge in [0.1, 0.15) is 0 Å². The Labute approximate surface area is 115 Å². The van der Waals surface area contributed by atoms with E-state index in [1.165, 1.54) is 11.1 Å². The van der Waals surface area contributed by atoms with Crippen LogP contribution in [0.2, 0.25) is 0 Å². The molecule has 0 radical (unpaired) electrons. The van der Waals surface area contributed by atoms with Gasteiger partial charge in [0.15, 0.2) is 0 Å². The molecule has 1 amide bonds. The lowest BCUT2D eigenvalue weighted by Gasteiger charge is -2.25. The van der Waals surface area contributed by atoms with Crippen molar-refractivity contribution in [2.24, 2.45) is 11.7 Å². The van der Waals surface area contributed by atoms with E-state index in [4.69, 9.17) is 5.73 Å². The molecule has 1 fully saturated rings. The first kappa shape index (κ1) is 14.1. The number of benzene rings is 1. The number of nitrogens with two attached hydrogens (primary N) is 1. The molecule has 19 heavy (non-hydrogen) atoms. The van der Waals surface area contributed by atoms with Crippen LogP contribution in [0.15, 0.2) is 24.3 Å². The molecule has 0 aliphatic heterocycles. The molecule has 2 rings (SSSR count). The van der Waals surface area contributed by atoms with Gasteiger partial charge in [-0.3, -0.25) is 4.79 Å². The van der Waals surface area contributed by atoms with Crippen molar-refractivity contribution >= 4 is 5.91 Å². The zero-order valence-corrected chi connectivity index (χ0v) is 11.9. The molecule has 0 heterocycles. The minimum Gasteiger partial charge on any atom is -0.338 e. The second-order valence-electron chi connectivity index (χ2n) is 5.55. The minimum absolute atomic E-state index is 0.138. The van der Waals surface area contributed by atoms with Crippen molar-refractivity contribution in [1.82, 2.24) is 4.90 Å². The number of hydrogen-bond acceptors (Lipinski definition) is 2. The maximum Gasteiger partial charge on any atom is 0.226 e. The highest BCUT2D eigenvalue weighted by Gasteiger charge is 2.30. The fraction of sp³-hybridized carbons (Fsp3) is 0.562. The van der Waals surface area contributed by atoms with Crippen molar-refractivity contribution in [3.05, 3.63) is 35.4 Å². The summed E-state index contributed by atoms with van der Waals surface area (Å²) in [6.07, 6.45) is 2.78. The molecule has 3 nitrogen and oxygen atoms in total. The number of nitrogens with zero attached hydrogens (tertiary/aromatic N) is 1. The summed E-state index contributed by atoms with van der Waals surface area (Å²) in [7, 11) is 0. The van der Waals surface area contributed by atoms with E-state index in [9.17, 15) is 4.79 Å². The zero-order valence-electron chi connectivity index (χ0n) is 11.9. The van der Waals surface area contributed by atoms with Crippen molar-refractivity contribution < 1.29 is 4.79 Å². The summed E-state index contributed by atoms with van der Waals surface area (Å²) < 4.78 is 0. The van der Waals surface area contributed by atoms with Gasteiger partial charge in [-0.1, -0.05) is 24.3 Å². The number of amides is 1. The Kier molecular flexibility index (Phi) is 4.59. The number of aryl methyl sites for hydroxylation is 1. The predicted molar refractivity (Wildman–Crippen MR) is 77.6 cm³/mol. The lowest BCUT2D eigenvalue weighted by Crippen LogP contribution is -2.35. The molecular formula is C16H24N2O. The molecular weight excluding hydrogens is 236 g/mol. The molecule has 2 N–H and O–H groups in total. The fourth-order valence-corrected chi connectivity index (χ4v) is 2.84. The van der Waals surface area contributed by atoms with Crippen molar-refractivity contribution in [1.29, 1.82) is 0 Å². The standard InChI is InChI=1S/C16H24N2O/c1-3-18(11-14-7-5-4-6-12(14)2)16(19)13-8-9-15(17)10-13/h4-7,13,15H,3,8-11,17H2,1-2H3/t13-,15-/m0/s1. The van der Waals surface area contributed by atoms with Gasteiger partial charge in [0.05, 0.1) is 0 Å². The maximum atomic E-state index is 12.5. The molecule has 1 aliphatic carbocycles. The lowest BCUT2D eigenvalue weighted by molar-refractivity contribution is -0.135. The molecule has 1 saturated carbocycles. The van der Waals surface area contributed by atoms with Crippen LogP contribution in [-0.4, -0.2) is 23.4 Å². The highest BCUT2D eigenvalue weighted by atomic mass is 16.2. The van der Waals surface area contributed by atoms with Crippen molar-refractivity contribution in [2.75, 3.05) is 6.54 Å². The monoisotopic (exact) mass is 260 g/mol. The molecule has 1 aromatic carbocycles. The number of hydrogen-bond donors (Lipinski definition) is 1. The molecule has 3 heteroatoms. The Morgan fingerprint density at radius 1 is 1.37 bits per heavy atom. The third-order valence-electron chi connectivity index (χ3n) is 4.14. The van der Waals surface area contributed by atoms with E-state index in [2.05, 4.69) is 19.1 Å². The van der Waals surface area contributed by atoms with E-state index in [1.807, 2.05) is 24.0 Å². The van der Waals surface area contributed by atoms with E-state index >= 15 is 0 Å². The first-order valence-corrected chi connectivity index (χ1v) is 7.20. The van der Waals surface area contributed by atoms with Crippen LogP contribution in [0.3, 0.4) is 0 Å². The van der Waals surface area contributed by atoms with E-state index in [-0.39, 0.29) is 17.9 Å². The van der Waals surface area contributed by atoms with Crippen LogP contribution < -0.4 is 5.73 Å². The van der Waals surface area contributed by atoms with Crippen LogP contribution in [0.4, 0.5) is 0 Å². The molecule has 1 aromatic rings. The van der Waals surface area contributed by atoms with Gasteiger partial charge in [0.2, 0.25) is 5.91 Å². The molecule has 104 valence electrons. The third-order valence-corrected chi connectivity index (χ3v) is 4.14. The lowest BCUT2D eigenvalue weighted by atomic mass is 10.0. The van der Waals surface area contributed by atoms with Crippen LogP contribution in [0.5, 0.6) is 0 Å². The molecule has 0 saturated heterocycles. The normalized spacial score (nSPS) is 22.5. The summed E-state index contributed by atoms with van der Waals surface area (Å²) in [5.41, 5.74) is 8.39. The van der Waals surface area contributed by atoms with Gasteiger partial charge in [0.25, 0.3) is 0 Å². The van der Waals surface area contributed by atoms with Gasteiger partial charge in [-0.15, -0.1) is 0 Å². The molecule has 0 unspecified atom stereocenters. The van der Waals surface area contributed by atoms with Gasteiger partial charge in [0, 0.05) is 25.0 Å². The highest BCUT2D eigenvalue weighted by Crippen LogP contribution is 2.26. The molecule has 2 atom stereocenters. The van der Waals surface area contributed by atoms with Gasteiger partial charge in [-0.2, -0.15) is 0 Å². The Morgan fingerprint density at radius 3 is 2.68 bits per heavy atom. The summed E-state index contributed by atoms with van der Waals surface area (Å²) in [4.78, 5) is 14.5. The number of rotatable bonds is 4. The smallest absolute Gasteiger partial charge is 0.226 e. The topological polar surface area (TPSA) is 46.3 Å². The fourth-order valence-electron chi connectivity index (χ4n) is 2.84. The van der Waals surface area contributed by atoms with Crippen LogP contribution in [0.25, 0.3) is 0 Å². The molecule has 0 spiro atoms. The summed E-state index contributed by atoms with van der Waals surface area (Å²) in [6.45, 7) is 5.62.